The Morgan fingerprint density at radius 2 is 1.83 bits per heavy atom. The first kappa shape index (κ1) is 13.2. The smallest absolute Gasteiger partial charge is 0.253 e. The van der Waals surface area contributed by atoms with E-state index in [1.165, 1.54) is 0 Å². The normalized spacial score (nSPS) is 28.2. The summed E-state index contributed by atoms with van der Waals surface area (Å²) in [6.45, 7) is 4.27. The first-order chi connectivity index (χ1) is 8.47. The van der Waals surface area contributed by atoms with Gasteiger partial charge >= 0.3 is 0 Å². The summed E-state index contributed by atoms with van der Waals surface area (Å²) in [7, 11) is 0. The van der Waals surface area contributed by atoms with Crippen LogP contribution in [0.4, 0.5) is 13.2 Å². The number of pyridine rings is 1. The monoisotopic (exact) mass is 259 g/mol. The van der Waals surface area contributed by atoms with E-state index in [0.29, 0.717) is 17.9 Å². The van der Waals surface area contributed by atoms with Gasteiger partial charge in [-0.2, -0.15) is 9.37 Å². The van der Waals surface area contributed by atoms with Crippen molar-refractivity contribution >= 4 is 0 Å². The topological polar surface area (TPSA) is 22.1 Å². The van der Waals surface area contributed by atoms with Crippen molar-refractivity contribution < 1.29 is 17.9 Å². The molecule has 1 fully saturated rings. The van der Waals surface area contributed by atoms with E-state index < -0.39 is 23.5 Å². The van der Waals surface area contributed by atoms with E-state index in [-0.39, 0.29) is 6.10 Å². The van der Waals surface area contributed by atoms with Gasteiger partial charge in [0.2, 0.25) is 0 Å². The molecule has 0 radical (unpaired) electrons. The van der Waals surface area contributed by atoms with Crippen LogP contribution in [0.1, 0.15) is 33.1 Å². The molecule has 1 aliphatic rings. The van der Waals surface area contributed by atoms with Crippen molar-refractivity contribution in [2.45, 2.75) is 39.2 Å². The molecule has 5 heteroatoms. The average Bonchev–Trinajstić information content (AvgIpc) is 2.31. The maximum Gasteiger partial charge on any atom is 0.253 e. The third-order valence-corrected chi connectivity index (χ3v) is 3.68. The van der Waals surface area contributed by atoms with Crippen LogP contribution in [-0.2, 0) is 0 Å². The third kappa shape index (κ3) is 2.76. The quantitative estimate of drug-likeness (QED) is 0.755. The van der Waals surface area contributed by atoms with E-state index in [1.807, 2.05) is 0 Å². The minimum Gasteiger partial charge on any atom is -0.472 e. The largest absolute Gasteiger partial charge is 0.472 e. The molecule has 1 aromatic heterocycles. The van der Waals surface area contributed by atoms with Gasteiger partial charge in [-0.05, 0) is 31.1 Å². The lowest BCUT2D eigenvalue weighted by molar-refractivity contribution is 0.0909. The molecule has 0 saturated heterocycles. The second-order valence-corrected chi connectivity index (χ2v) is 5.06. The lowest BCUT2D eigenvalue weighted by atomic mass is 9.80. The molecule has 1 saturated carbocycles. The van der Waals surface area contributed by atoms with Gasteiger partial charge in [0, 0.05) is 6.07 Å². The number of halogens is 3. The van der Waals surface area contributed by atoms with Crippen LogP contribution in [0.25, 0.3) is 0 Å². The van der Waals surface area contributed by atoms with Crippen LogP contribution in [0.15, 0.2) is 6.07 Å². The Balaban J connectivity index is 2.08. The van der Waals surface area contributed by atoms with Crippen molar-refractivity contribution in [3.8, 4) is 5.88 Å². The van der Waals surface area contributed by atoms with E-state index in [1.54, 1.807) is 0 Å². The Hall–Kier alpha value is -1.26. The molecule has 0 aromatic carbocycles. The van der Waals surface area contributed by atoms with Gasteiger partial charge in [0.25, 0.3) is 11.8 Å². The molecule has 1 heterocycles. The molecule has 100 valence electrons. The Labute approximate surface area is 104 Å². The fourth-order valence-corrected chi connectivity index (χ4v) is 2.27. The van der Waals surface area contributed by atoms with E-state index >= 15 is 0 Å². The average molecular weight is 259 g/mol. The van der Waals surface area contributed by atoms with Crippen LogP contribution in [0.5, 0.6) is 5.88 Å². The minimum atomic E-state index is -1.33. The van der Waals surface area contributed by atoms with Crippen molar-refractivity contribution in [1.29, 1.82) is 0 Å². The van der Waals surface area contributed by atoms with Crippen LogP contribution in [0.2, 0.25) is 0 Å². The van der Waals surface area contributed by atoms with Crippen molar-refractivity contribution in [1.82, 2.24) is 4.98 Å². The highest BCUT2D eigenvalue weighted by atomic mass is 19.2. The highest BCUT2D eigenvalue weighted by Crippen LogP contribution is 2.32. The van der Waals surface area contributed by atoms with Gasteiger partial charge in [0.1, 0.15) is 6.10 Å². The van der Waals surface area contributed by atoms with E-state index in [4.69, 9.17) is 4.74 Å². The molecule has 1 aromatic rings. The summed E-state index contributed by atoms with van der Waals surface area (Å²) in [4.78, 5) is 3.17. The number of rotatable bonds is 2. The molecule has 2 nitrogen and oxygen atoms in total. The molecule has 0 bridgehead atoms. The molecule has 1 aliphatic carbocycles. The summed E-state index contributed by atoms with van der Waals surface area (Å²) in [6, 6.07) is 0.465. The summed E-state index contributed by atoms with van der Waals surface area (Å²) >= 11 is 0. The summed E-state index contributed by atoms with van der Waals surface area (Å²) in [5, 5.41) is 0. The van der Waals surface area contributed by atoms with Gasteiger partial charge in [0.05, 0.1) is 0 Å². The second kappa shape index (κ2) is 5.16. The molecular weight excluding hydrogens is 243 g/mol. The lowest BCUT2D eigenvalue weighted by Crippen LogP contribution is -2.29. The van der Waals surface area contributed by atoms with Crippen LogP contribution >= 0.6 is 0 Å². The first-order valence-corrected chi connectivity index (χ1v) is 6.15. The zero-order chi connectivity index (χ0) is 13.3. The summed E-state index contributed by atoms with van der Waals surface area (Å²) in [5.41, 5.74) is 0. The maximum absolute atomic E-state index is 13.4. The Morgan fingerprint density at radius 1 is 1.11 bits per heavy atom. The van der Waals surface area contributed by atoms with Gasteiger partial charge in [-0.25, -0.2) is 8.78 Å². The van der Waals surface area contributed by atoms with Gasteiger partial charge in [0.15, 0.2) is 11.6 Å². The first-order valence-electron chi connectivity index (χ1n) is 6.15. The van der Waals surface area contributed by atoms with E-state index in [9.17, 15) is 13.2 Å². The summed E-state index contributed by atoms with van der Waals surface area (Å²) in [5.74, 6) is -2.96. The van der Waals surface area contributed by atoms with Crippen LogP contribution in [0.3, 0.4) is 0 Å². The number of hydrogen-bond acceptors (Lipinski definition) is 2. The van der Waals surface area contributed by atoms with E-state index in [2.05, 4.69) is 18.8 Å². The molecule has 3 unspecified atom stereocenters. The van der Waals surface area contributed by atoms with Gasteiger partial charge < -0.3 is 4.74 Å². The van der Waals surface area contributed by atoms with Crippen LogP contribution < -0.4 is 4.74 Å². The number of nitrogens with zero attached hydrogens (tertiary/aromatic N) is 1. The van der Waals surface area contributed by atoms with Crippen LogP contribution in [0, 0.1) is 29.4 Å². The Bertz CT molecular complexity index is 438. The van der Waals surface area contributed by atoms with E-state index in [0.717, 1.165) is 19.3 Å². The standard InChI is InChI=1S/C13H16F3NO/c1-7-3-4-9(5-8(7)2)18-13-11(15)6-10(14)12(16)17-13/h6-9H,3-5H2,1-2H3. The molecule has 0 amide bonds. The van der Waals surface area contributed by atoms with Gasteiger partial charge in [-0.15, -0.1) is 0 Å². The third-order valence-electron chi connectivity index (χ3n) is 3.68. The molecule has 0 aliphatic heterocycles. The van der Waals surface area contributed by atoms with Crippen molar-refractivity contribution in [3.63, 3.8) is 0 Å². The lowest BCUT2D eigenvalue weighted by Gasteiger charge is -2.31. The second-order valence-electron chi connectivity index (χ2n) is 5.06. The maximum atomic E-state index is 13.4. The van der Waals surface area contributed by atoms with Gasteiger partial charge in [-0.3, -0.25) is 0 Å². The highest BCUT2D eigenvalue weighted by molar-refractivity contribution is 5.15. The SMILES string of the molecule is CC1CCC(Oc2nc(F)c(F)cc2F)CC1C. The Morgan fingerprint density at radius 3 is 2.50 bits per heavy atom. The summed E-state index contributed by atoms with van der Waals surface area (Å²) in [6.07, 6.45) is 2.37. The van der Waals surface area contributed by atoms with Crippen molar-refractivity contribution in [3.05, 3.63) is 23.6 Å². The predicted octanol–water partition coefficient (Wildman–Crippen LogP) is 3.70. The molecule has 18 heavy (non-hydrogen) atoms. The number of ether oxygens (including phenoxy) is 1. The zero-order valence-electron chi connectivity index (χ0n) is 10.4. The fourth-order valence-electron chi connectivity index (χ4n) is 2.27. The van der Waals surface area contributed by atoms with Crippen LogP contribution in [-0.4, -0.2) is 11.1 Å². The molecule has 0 N–H and O–H groups in total. The zero-order valence-corrected chi connectivity index (χ0v) is 10.4. The highest BCUT2D eigenvalue weighted by Gasteiger charge is 2.27. The predicted molar refractivity (Wildman–Crippen MR) is 60.7 cm³/mol. The minimum absolute atomic E-state index is 0.178. The number of hydrogen-bond donors (Lipinski definition) is 0. The fraction of sp³-hybridized carbons (Fsp3) is 0.615. The molecular formula is C13H16F3NO. The van der Waals surface area contributed by atoms with Gasteiger partial charge in [-0.1, -0.05) is 13.8 Å². The molecule has 3 atom stereocenters. The molecule has 2 rings (SSSR count). The van der Waals surface area contributed by atoms with Crippen molar-refractivity contribution in [2.75, 3.05) is 0 Å². The summed E-state index contributed by atoms with van der Waals surface area (Å²) < 4.78 is 44.4. The Kier molecular flexibility index (Phi) is 3.78. The number of aromatic nitrogens is 1. The van der Waals surface area contributed by atoms with Crippen molar-refractivity contribution in [2.24, 2.45) is 11.8 Å². The molecule has 0 spiro atoms.